The summed E-state index contributed by atoms with van der Waals surface area (Å²) in [7, 11) is 0. The van der Waals surface area contributed by atoms with Crippen LogP contribution in [0.25, 0.3) is 10.6 Å². The number of nitrogens with one attached hydrogen (secondary N) is 2. The van der Waals surface area contributed by atoms with Gasteiger partial charge in [-0.25, -0.2) is 0 Å². The maximum absolute atomic E-state index is 12.7. The van der Waals surface area contributed by atoms with Crippen molar-refractivity contribution in [2.45, 2.75) is 13.5 Å². The minimum absolute atomic E-state index is 0.0787. The predicted molar refractivity (Wildman–Crippen MR) is 111 cm³/mol. The Labute approximate surface area is 165 Å². The third kappa shape index (κ3) is 3.79. The molecule has 6 nitrogen and oxygen atoms in total. The number of hydrogen-bond donors (Lipinski definition) is 2. The number of carbonyl (C=O) groups is 1. The number of rotatable bonds is 5. The van der Waals surface area contributed by atoms with E-state index in [1.807, 2.05) is 49.4 Å². The van der Waals surface area contributed by atoms with Crippen molar-refractivity contribution in [2.24, 2.45) is 0 Å². The van der Waals surface area contributed by atoms with Crippen LogP contribution in [0.15, 0.2) is 71.7 Å². The Kier molecular flexibility index (Phi) is 4.90. The molecule has 0 spiro atoms. The lowest BCUT2D eigenvalue weighted by Crippen LogP contribution is -2.29. The fraction of sp³-hybridized carbons (Fsp3) is 0.0952. The summed E-state index contributed by atoms with van der Waals surface area (Å²) in [6.45, 7) is 2.44. The van der Waals surface area contributed by atoms with E-state index in [4.69, 9.17) is 0 Å². The van der Waals surface area contributed by atoms with Crippen LogP contribution < -0.4 is 10.9 Å². The molecule has 2 N–H and O–H groups in total. The van der Waals surface area contributed by atoms with E-state index in [0.29, 0.717) is 12.4 Å². The van der Waals surface area contributed by atoms with Crippen LogP contribution in [-0.2, 0) is 6.54 Å². The molecule has 0 fully saturated rings. The molecule has 1 aromatic carbocycles. The van der Waals surface area contributed by atoms with Gasteiger partial charge in [0.05, 0.1) is 17.1 Å². The molecule has 1 amide bonds. The van der Waals surface area contributed by atoms with E-state index in [0.717, 1.165) is 16.1 Å². The summed E-state index contributed by atoms with van der Waals surface area (Å²) < 4.78 is 1.52. The lowest BCUT2D eigenvalue weighted by molar-refractivity contribution is 0.102. The van der Waals surface area contributed by atoms with Gasteiger partial charge in [-0.2, -0.15) is 5.10 Å². The summed E-state index contributed by atoms with van der Waals surface area (Å²) in [5.41, 5.74) is 1.55. The smallest absolute Gasteiger partial charge is 0.263 e. The van der Waals surface area contributed by atoms with Gasteiger partial charge in [-0.1, -0.05) is 30.3 Å². The SMILES string of the molecule is Cc1ccc(-c2cc(NC(=O)c3cccn(Cc4ccccc4)c3=O)n[nH]2)s1. The largest absolute Gasteiger partial charge is 0.310 e. The number of aromatic nitrogens is 3. The maximum Gasteiger partial charge on any atom is 0.263 e. The molecule has 3 aromatic heterocycles. The monoisotopic (exact) mass is 390 g/mol. The summed E-state index contributed by atoms with van der Waals surface area (Å²) >= 11 is 1.64. The Morgan fingerprint density at radius 2 is 1.96 bits per heavy atom. The van der Waals surface area contributed by atoms with Crippen molar-refractivity contribution < 1.29 is 4.79 Å². The van der Waals surface area contributed by atoms with Crippen molar-refractivity contribution in [3.63, 3.8) is 0 Å². The Balaban J connectivity index is 1.53. The van der Waals surface area contributed by atoms with E-state index in [2.05, 4.69) is 15.5 Å². The first-order chi connectivity index (χ1) is 13.6. The van der Waals surface area contributed by atoms with Crippen molar-refractivity contribution >= 4 is 23.1 Å². The number of benzene rings is 1. The van der Waals surface area contributed by atoms with Gasteiger partial charge in [-0.3, -0.25) is 14.7 Å². The highest BCUT2D eigenvalue weighted by atomic mass is 32.1. The molecular formula is C21H18N4O2S. The van der Waals surface area contributed by atoms with Gasteiger partial charge >= 0.3 is 0 Å². The molecule has 0 aliphatic carbocycles. The van der Waals surface area contributed by atoms with Crippen LogP contribution in [0, 0.1) is 6.92 Å². The Hall–Kier alpha value is -3.45. The van der Waals surface area contributed by atoms with Gasteiger partial charge in [0, 0.05) is 17.1 Å². The maximum atomic E-state index is 12.7. The third-order valence-corrected chi connectivity index (χ3v) is 5.32. The summed E-state index contributed by atoms with van der Waals surface area (Å²) in [4.78, 5) is 27.6. The minimum atomic E-state index is -0.479. The van der Waals surface area contributed by atoms with Gasteiger partial charge in [0.25, 0.3) is 11.5 Å². The zero-order chi connectivity index (χ0) is 19.5. The molecule has 3 heterocycles. The molecule has 140 valence electrons. The molecule has 7 heteroatoms. The highest BCUT2D eigenvalue weighted by molar-refractivity contribution is 7.15. The molecule has 4 rings (SSSR count). The lowest BCUT2D eigenvalue weighted by atomic mass is 10.2. The number of anilines is 1. The van der Waals surface area contributed by atoms with Crippen LogP contribution in [0.4, 0.5) is 5.82 Å². The van der Waals surface area contributed by atoms with Gasteiger partial charge < -0.3 is 9.88 Å². The molecule has 0 saturated carbocycles. The van der Waals surface area contributed by atoms with Gasteiger partial charge in [0.2, 0.25) is 0 Å². The van der Waals surface area contributed by atoms with Crippen molar-refractivity contribution in [3.05, 3.63) is 93.2 Å². The van der Waals surface area contributed by atoms with Gasteiger partial charge in [-0.05, 0) is 36.8 Å². The Morgan fingerprint density at radius 1 is 1.14 bits per heavy atom. The summed E-state index contributed by atoms with van der Waals surface area (Å²) in [5.74, 6) is -0.100. The van der Waals surface area contributed by atoms with E-state index < -0.39 is 5.91 Å². The van der Waals surface area contributed by atoms with Crippen molar-refractivity contribution in [3.8, 4) is 10.6 Å². The molecule has 28 heavy (non-hydrogen) atoms. The molecule has 0 saturated heterocycles. The first-order valence-electron chi connectivity index (χ1n) is 8.77. The molecule has 0 bridgehead atoms. The number of nitrogens with zero attached hydrogens (tertiary/aromatic N) is 2. The highest BCUT2D eigenvalue weighted by Gasteiger charge is 2.14. The predicted octanol–water partition coefficient (Wildman–Crippen LogP) is 3.91. The van der Waals surface area contributed by atoms with E-state index in [1.54, 1.807) is 29.7 Å². The van der Waals surface area contributed by atoms with Crippen LogP contribution in [0.2, 0.25) is 0 Å². The van der Waals surface area contributed by atoms with Gasteiger partial charge in [0.1, 0.15) is 5.56 Å². The number of pyridine rings is 1. The fourth-order valence-electron chi connectivity index (χ4n) is 2.89. The van der Waals surface area contributed by atoms with E-state index in [-0.39, 0.29) is 11.1 Å². The number of thiophene rings is 1. The first-order valence-corrected chi connectivity index (χ1v) is 9.59. The number of H-pyrrole nitrogens is 1. The standard InChI is InChI=1S/C21H18N4O2S/c1-14-9-10-18(28-14)17-12-19(24-23-17)22-20(26)16-8-5-11-25(21(16)27)13-15-6-3-2-4-7-15/h2-12H,13H2,1H3,(H2,22,23,24,26). The summed E-state index contributed by atoms with van der Waals surface area (Å²) in [6, 6.07) is 18.6. The molecule has 0 radical (unpaired) electrons. The van der Waals surface area contributed by atoms with Crippen molar-refractivity contribution in [1.82, 2.24) is 14.8 Å². The van der Waals surface area contributed by atoms with E-state index in [1.165, 1.54) is 15.5 Å². The number of hydrogen-bond acceptors (Lipinski definition) is 4. The molecular weight excluding hydrogens is 372 g/mol. The van der Waals surface area contributed by atoms with Crippen molar-refractivity contribution in [2.75, 3.05) is 5.32 Å². The average Bonchev–Trinajstić information content (AvgIpc) is 3.33. The minimum Gasteiger partial charge on any atom is -0.310 e. The van der Waals surface area contributed by atoms with E-state index >= 15 is 0 Å². The molecule has 0 aliphatic heterocycles. The Morgan fingerprint density at radius 3 is 2.71 bits per heavy atom. The van der Waals surface area contributed by atoms with Crippen LogP contribution >= 0.6 is 11.3 Å². The van der Waals surface area contributed by atoms with Gasteiger partial charge in [0.15, 0.2) is 5.82 Å². The molecule has 0 atom stereocenters. The number of carbonyl (C=O) groups excluding carboxylic acids is 1. The quantitative estimate of drug-likeness (QED) is 0.542. The highest BCUT2D eigenvalue weighted by Crippen LogP contribution is 2.27. The van der Waals surface area contributed by atoms with Gasteiger partial charge in [-0.15, -0.1) is 11.3 Å². The average molecular weight is 390 g/mol. The van der Waals surface area contributed by atoms with Crippen molar-refractivity contribution in [1.29, 1.82) is 0 Å². The molecule has 0 aliphatic rings. The second-order valence-electron chi connectivity index (χ2n) is 6.37. The second kappa shape index (κ2) is 7.66. The normalized spacial score (nSPS) is 10.8. The zero-order valence-electron chi connectivity index (χ0n) is 15.2. The lowest BCUT2D eigenvalue weighted by Gasteiger charge is -2.08. The number of aromatic amines is 1. The first kappa shape index (κ1) is 17.9. The second-order valence-corrected chi connectivity index (χ2v) is 7.66. The summed E-state index contributed by atoms with van der Waals surface area (Å²) in [5, 5.41) is 9.74. The Bertz CT molecular complexity index is 1170. The van der Waals surface area contributed by atoms with Crippen LogP contribution in [0.3, 0.4) is 0 Å². The third-order valence-electron chi connectivity index (χ3n) is 4.29. The molecule has 0 unspecified atom stereocenters. The number of amides is 1. The zero-order valence-corrected chi connectivity index (χ0v) is 16.0. The van der Waals surface area contributed by atoms with Crippen LogP contribution in [0.5, 0.6) is 0 Å². The summed E-state index contributed by atoms with van der Waals surface area (Å²) in [6.07, 6.45) is 1.68. The van der Waals surface area contributed by atoms with Crippen LogP contribution in [0.1, 0.15) is 20.8 Å². The number of aryl methyl sites for hydroxylation is 1. The topological polar surface area (TPSA) is 79.8 Å². The molecule has 4 aromatic rings. The van der Waals surface area contributed by atoms with E-state index in [9.17, 15) is 9.59 Å². The van der Waals surface area contributed by atoms with Crippen LogP contribution in [-0.4, -0.2) is 20.7 Å². The fourth-order valence-corrected chi connectivity index (χ4v) is 3.72.